The molecular formula is C13H22N2O2. The number of aliphatic hydroxyl groups is 1. The number of rotatable bonds is 4. The molecule has 0 radical (unpaired) electrons. The molecule has 0 aromatic carbocycles. The summed E-state index contributed by atoms with van der Waals surface area (Å²) >= 11 is 0. The van der Waals surface area contributed by atoms with Crippen molar-refractivity contribution in [3.8, 4) is 0 Å². The Hall–Kier alpha value is -0.870. The molecule has 0 amide bonds. The molecule has 1 fully saturated rings. The molecule has 2 rings (SSSR count). The minimum Gasteiger partial charge on any atom is -0.396 e. The Bertz CT molecular complexity index is 343. The number of hydrogen-bond donors (Lipinski definition) is 1. The Balaban J connectivity index is 1.82. The summed E-state index contributed by atoms with van der Waals surface area (Å²) in [5.41, 5.74) is 1.01. The van der Waals surface area contributed by atoms with E-state index in [1.165, 1.54) is 12.8 Å². The highest BCUT2D eigenvalue weighted by molar-refractivity contribution is 5.03. The van der Waals surface area contributed by atoms with E-state index in [-0.39, 0.29) is 0 Å². The lowest BCUT2D eigenvalue weighted by Gasteiger charge is -2.33. The minimum atomic E-state index is 0.346. The number of nitrogens with zero attached hydrogens (tertiary/aromatic N) is 2. The van der Waals surface area contributed by atoms with E-state index in [2.05, 4.69) is 17.1 Å². The fraction of sp³-hybridized carbons (Fsp3) is 0.769. The van der Waals surface area contributed by atoms with Gasteiger partial charge in [0.1, 0.15) is 5.76 Å². The maximum Gasteiger partial charge on any atom is 0.133 e. The molecule has 17 heavy (non-hydrogen) atoms. The molecule has 1 heterocycles. The molecule has 1 aliphatic rings. The molecule has 1 aromatic heterocycles. The van der Waals surface area contributed by atoms with Gasteiger partial charge in [0.15, 0.2) is 0 Å². The molecule has 0 atom stereocenters. The van der Waals surface area contributed by atoms with Crippen molar-refractivity contribution in [2.45, 2.75) is 45.2 Å². The van der Waals surface area contributed by atoms with Crippen LogP contribution in [-0.2, 0) is 6.54 Å². The van der Waals surface area contributed by atoms with Crippen molar-refractivity contribution in [1.82, 2.24) is 10.1 Å². The van der Waals surface area contributed by atoms with Gasteiger partial charge in [0.05, 0.1) is 5.69 Å². The van der Waals surface area contributed by atoms with Gasteiger partial charge in [-0.1, -0.05) is 5.16 Å². The molecule has 1 aromatic rings. The fourth-order valence-corrected chi connectivity index (χ4v) is 2.65. The second kappa shape index (κ2) is 5.65. The second-order valence-corrected chi connectivity index (χ2v) is 5.20. The van der Waals surface area contributed by atoms with Crippen LogP contribution in [0, 0.1) is 12.8 Å². The van der Waals surface area contributed by atoms with Gasteiger partial charge in [-0.2, -0.15) is 0 Å². The number of aliphatic hydroxyl groups excluding tert-OH is 1. The monoisotopic (exact) mass is 238 g/mol. The van der Waals surface area contributed by atoms with Gasteiger partial charge in [-0.15, -0.1) is 0 Å². The Morgan fingerprint density at radius 1 is 1.41 bits per heavy atom. The first-order valence-corrected chi connectivity index (χ1v) is 6.42. The largest absolute Gasteiger partial charge is 0.396 e. The lowest BCUT2D eigenvalue weighted by molar-refractivity contribution is 0.122. The van der Waals surface area contributed by atoms with Gasteiger partial charge in [0.25, 0.3) is 0 Å². The van der Waals surface area contributed by atoms with Crippen molar-refractivity contribution in [2.75, 3.05) is 13.7 Å². The lowest BCUT2D eigenvalue weighted by atomic mass is 9.86. The van der Waals surface area contributed by atoms with Crippen LogP contribution in [0.4, 0.5) is 0 Å². The molecular weight excluding hydrogens is 216 g/mol. The molecule has 4 heteroatoms. The Morgan fingerprint density at radius 3 is 2.65 bits per heavy atom. The van der Waals surface area contributed by atoms with E-state index in [0.29, 0.717) is 18.6 Å². The van der Waals surface area contributed by atoms with Crippen LogP contribution in [0.15, 0.2) is 10.6 Å². The molecule has 96 valence electrons. The summed E-state index contributed by atoms with van der Waals surface area (Å²) in [6.45, 7) is 3.12. The summed E-state index contributed by atoms with van der Waals surface area (Å²) in [6, 6.07) is 2.62. The SMILES string of the molecule is Cc1cc(CN(C)C2CCC(CO)CC2)no1. The highest BCUT2D eigenvalue weighted by Gasteiger charge is 2.23. The third kappa shape index (κ3) is 3.30. The molecule has 1 aliphatic carbocycles. The van der Waals surface area contributed by atoms with Crippen molar-refractivity contribution in [1.29, 1.82) is 0 Å². The highest BCUT2D eigenvalue weighted by Crippen LogP contribution is 2.27. The average Bonchev–Trinajstić information content (AvgIpc) is 2.75. The second-order valence-electron chi connectivity index (χ2n) is 5.20. The van der Waals surface area contributed by atoms with Crippen LogP contribution in [0.2, 0.25) is 0 Å². The van der Waals surface area contributed by atoms with Crippen molar-refractivity contribution in [3.63, 3.8) is 0 Å². The quantitative estimate of drug-likeness (QED) is 0.871. The summed E-state index contributed by atoms with van der Waals surface area (Å²) < 4.78 is 5.08. The van der Waals surface area contributed by atoms with Crippen molar-refractivity contribution < 1.29 is 9.63 Å². The van der Waals surface area contributed by atoms with Gasteiger partial charge in [0, 0.05) is 25.3 Å². The Kier molecular flexibility index (Phi) is 4.18. The Labute approximate surface area is 103 Å². The van der Waals surface area contributed by atoms with E-state index in [1.807, 2.05) is 13.0 Å². The van der Waals surface area contributed by atoms with Crippen molar-refractivity contribution in [2.24, 2.45) is 5.92 Å². The molecule has 0 saturated heterocycles. The molecule has 4 nitrogen and oxygen atoms in total. The standard InChI is InChI=1S/C13H22N2O2/c1-10-7-12(14-17-10)8-15(2)13-5-3-11(9-16)4-6-13/h7,11,13,16H,3-6,8-9H2,1-2H3. The summed E-state index contributed by atoms with van der Waals surface area (Å²) in [4.78, 5) is 2.35. The van der Waals surface area contributed by atoms with E-state index in [0.717, 1.165) is 30.8 Å². The Morgan fingerprint density at radius 2 is 2.12 bits per heavy atom. The maximum atomic E-state index is 9.12. The summed E-state index contributed by atoms with van der Waals surface area (Å²) in [5.74, 6) is 1.39. The normalized spacial score (nSPS) is 25.4. The zero-order valence-corrected chi connectivity index (χ0v) is 10.7. The first kappa shape index (κ1) is 12.6. The van der Waals surface area contributed by atoms with Gasteiger partial charge in [-0.25, -0.2) is 0 Å². The fourth-order valence-electron chi connectivity index (χ4n) is 2.65. The molecule has 0 bridgehead atoms. The van der Waals surface area contributed by atoms with E-state index >= 15 is 0 Å². The molecule has 1 N–H and O–H groups in total. The molecule has 0 unspecified atom stereocenters. The number of hydrogen-bond acceptors (Lipinski definition) is 4. The predicted molar refractivity (Wildman–Crippen MR) is 65.5 cm³/mol. The van der Waals surface area contributed by atoms with E-state index in [4.69, 9.17) is 9.63 Å². The third-order valence-corrected chi connectivity index (χ3v) is 3.79. The van der Waals surface area contributed by atoms with Crippen LogP contribution in [-0.4, -0.2) is 34.9 Å². The van der Waals surface area contributed by atoms with Gasteiger partial charge in [-0.3, -0.25) is 4.90 Å². The summed E-state index contributed by atoms with van der Waals surface area (Å²) in [6.07, 6.45) is 4.64. The van der Waals surface area contributed by atoms with Gasteiger partial charge in [-0.05, 0) is 45.6 Å². The van der Waals surface area contributed by atoms with E-state index in [1.54, 1.807) is 0 Å². The van der Waals surface area contributed by atoms with Gasteiger partial charge >= 0.3 is 0 Å². The zero-order valence-electron chi connectivity index (χ0n) is 10.7. The predicted octanol–water partition coefficient (Wildman–Crippen LogP) is 1.97. The van der Waals surface area contributed by atoms with Crippen LogP contribution in [0.1, 0.15) is 37.1 Å². The van der Waals surface area contributed by atoms with Gasteiger partial charge < -0.3 is 9.63 Å². The van der Waals surface area contributed by atoms with Gasteiger partial charge in [0.2, 0.25) is 0 Å². The number of aryl methyl sites for hydroxylation is 1. The summed E-state index contributed by atoms with van der Waals surface area (Å²) in [7, 11) is 2.15. The topological polar surface area (TPSA) is 49.5 Å². The number of aromatic nitrogens is 1. The highest BCUT2D eigenvalue weighted by atomic mass is 16.5. The van der Waals surface area contributed by atoms with E-state index in [9.17, 15) is 0 Å². The maximum absolute atomic E-state index is 9.12. The molecule has 0 aliphatic heterocycles. The van der Waals surface area contributed by atoms with Crippen LogP contribution >= 0.6 is 0 Å². The van der Waals surface area contributed by atoms with Crippen molar-refractivity contribution in [3.05, 3.63) is 17.5 Å². The average molecular weight is 238 g/mol. The van der Waals surface area contributed by atoms with E-state index < -0.39 is 0 Å². The first-order valence-electron chi connectivity index (χ1n) is 6.42. The van der Waals surface area contributed by atoms with Crippen molar-refractivity contribution >= 4 is 0 Å². The van der Waals surface area contributed by atoms with Crippen LogP contribution in [0.3, 0.4) is 0 Å². The lowest BCUT2D eigenvalue weighted by Crippen LogP contribution is -2.35. The van der Waals surface area contributed by atoms with Crippen LogP contribution in [0.25, 0.3) is 0 Å². The smallest absolute Gasteiger partial charge is 0.133 e. The van der Waals surface area contributed by atoms with Crippen LogP contribution in [0.5, 0.6) is 0 Å². The molecule has 1 saturated carbocycles. The van der Waals surface area contributed by atoms with Crippen LogP contribution < -0.4 is 0 Å². The summed E-state index contributed by atoms with van der Waals surface area (Å²) in [5, 5.41) is 13.1. The first-order chi connectivity index (χ1) is 8.19. The minimum absolute atomic E-state index is 0.346. The molecule has 0 spiro atoms. The zero-order chi connectivity index (χ0) is 12.3. The third-order valence-electron chi connectivity index (χ3n) is 3.79.